The van der Waals surface area contributed by atoms with Gasteiger partial charge in [-0.1, -0.05) is 11.6 Å². The van der Waals surface area contributed by atoms with Crippen LogP contribution in [0.5, 0.6) is 0 Å². The van der Waals surface area contributed by atoms with E-state index in [0.717, 1.165) is 37.3 Å². The summed E-state index contributed by atoms with van der Waals surface area (Å²) >= 11 is 5.91. The summed E-state index contributed by atoms with van der Waals surface area (Å²) in [5.41, 5.74) is 0.558. The van der Waals surface area contributed by atoms with Crippen LogP contribution in [-0.2, 0) is 9.53 Å². The Bertz CT molecular complexity index is 398. The van der Waals surface area contributed by atoms with E-state index >= 15 is 0 Å². The normalized spacial score (nSPS) is 25.4. The quantitative estimate of drug-likeness (QED) is 0.756. The maximum atomic E-state index is 11.5. The van der Waals surface area contributed by atoms with Crippen molar-refractivity contribution < 1.29 is 14.2 Å². The minimum Gasteiger partial charge on any atom is -0.382 e. The summed E-state index contributed by atoms with van der Waals surface area (Å²) in [5, 5.41) is 7.08. The highest BCUT2D eigenvalue weighted by Gasteiger charge is 2.27. The molecule has 0 bridgehead atoms. The predicted octanol–water partition coefficient (Wildman–Crippen LogP) is 0.692. The molecule has 6 heteroatoms. The molecule has 1 amide bonds. The van der Waals surface area contributed by atoms with Crippen LogP contribution in [0.3, 0.4) is 0 Å². The van der Waals surface area contributed by atoms with Crippen molar-refractivity contribution in [2.24, 2.45) is 11.0 Å². The molecule has 0 unspecified atom stereocenters. The van der Waals surface area contributed by atoms with Crippen LogP contribution >= 0.6 is 11.6 Å². The number of halogens is 1. The van der Waals surface area contributed by atoms with Gasteiger partial charge in [-0.15, -0.1) is 0 Å². The van der Waals surface area contributed by atoms with E-state index in [4.69, 9.17) is 16.3 Å². The zero-order chi connectivity index (χ0) is 12.3. The van der Waals surface area contributed by atoms with Gasteiger partial charge in [0.15, 0.2) is 11.7 Å². The zero-order valence-corrected chi connectivity index (χ0v) is 10.2. The highest BCUT2D eigenvalue weighted by atomic mass is 35.5. The van der Waals surface area contributed by atoms with Gasteiger partial charge in [-0.2, -0.15) is 0 Å². The zero-order valence-electron chi connectivity index (χ0n) is 9.49. The lowest BCUT2D eigenvalue weighted by Crippen LogP contribution is -2.32. The van der Waals surface area contributed by atoms with E-state index in [1.165, 1.54) is 6.21 Å². The maximum absolute atomic E-state index is 11.5. The second-order valence-corrected chi connectivity index (χ2v) is 4.52. The van der Waals surface area contributed by atoms with Gasteiger partial charge in [0.05, 0.1) is 12.3 Å². The number of rotatable bonds is 3. The first kappa shape index (κ1) is 12.3. The third-order valence-corrected chi connectivity index (χ3v) is 3.19. The van der Waals surface area contributed by atoms with Crippen LogP contribution < -0.4 is 5.32 Å². The number of nitrogens with one attached hydrogen (secondary N) is 1. The summed E-state index contributed by atoms with van der Waals surface area (Å²) in [6.45, 7) is 5.77. The molecule has 92 valence electrons. The van der Waals surface area contributed by atoms with Crippen LogP contribution in [0, 0.1) is 5.92 Å². The van der Waals surface area contributed by atoms with Gasteiger partial charge >= 0.3 is 5.91 Å². The Kier molecular flexibility index (Phi) is 3.91. The molecule has 2 heterocycles. The fourth-order valence-corrected chi connectivity index (χ4v) is 2.02. The van der Waals surface area contributed by atoms with Crippen molar-refractivity contribution in [2.45, 2.75) is 12.8 Å². The average Bonchev–Trinajstić information content (AvgIpc) is 2.36. The molecule has 1 fully saturated rings. The molecule has 1 saturated heterocycles. The summed E-state index contributed by atoms with van der Waals surface area (Å²) < 4.78 is 6.35. The van der Waals surface area contributed by atoms with Gasteiger partial charge in [0.1, 0.15) is 6.21 Å². The van der Waals surface area contributed by atoms with Gasteiger partial charge < -0.3 is 10.1 Å². The molecular weight excluding hydrogens is 242 g/mol. The van der Waals surface area contributed by atoms with Crippen LogP contribution in [-0.4, -0.2) is 43.3 Å². The average molecular weight is 257 g/mol. The largest absolute Gasteiger partial charge is 0.462 e. The fourth-order valence-electron chi connectivity index (χ4n) is 1.81. The summed E-state index contributed by atoms with van der Waals surface area (Å²) in [4.78, 5) is 11.5. The van der Waals surface area contributed by atoms with Crippen molar-refractivity contribution >= 4 is 30.4 Å². The van der Waals surface area contributed by atoms with E-state index in [1.54, 1.807) is 0 Å². The lowest BCUT2D eigenvalue weighted by molar-refractivity contribution is -0.440. The topological polar surface area (TPSA) is 53.7 Å². The van der Waals surface area contributed by atoms with Crippen LogP contribution in [0.2, 0.25) is 0 Å². The number of hydrogen-bond acceptors (Lipinski definition) is 4. The van der Waals surface area contributed by atoms with Crippen LogP contribution in [0.15, 0.2) is 15.8 Å². The molecule has 0 spiro atoms. The van der Waals surface area contributed by atoms with Gasteiger partial charge in [-0.05, 0) is 23.4 Å². The molecule has 17 heavy (non-hydrogen) atoms. The van der Waals surface area contributed by atoms with Crippen molar-refractivity contribution in [3.63, 3.8) is 0 Å². The summed E-state index contributed by atoms with van der Waals surface area (Å²) in [6, 6.07) is 0. The Hall–Kier alpha value is -1.20. The van der Waals surface area contributed by atoms with E-state index in [9.17, 15) is 4.79 Å². The molecule has 0 aliphatic carbocycles. The van der Waals surface area contributed by atoms with E-state index in [0.29, 0.717) is 11.6 Å². The van der Waals surface area contributed by atoms with Gasteiger partial charge in [0.25, 0.3) is 0 Å². The summed E-state index contributed by atoms with van der Waals surface area (Å²) in [7, 11) is 0. The van der Waals surface area contributed by atoms with Crippen LogP contribution in [0.4, 0.5) is 0 Å². The summed E-state index contributed by atoms with van der Waals surface area (Å²) in [6.07, 6.45) is 3.73. The molecule has 5 nitrogen and oxygen atoms in total. The van der Waals surface area contributed by atoms with E-state index < -0.39 is 5.91 Å². The number of ether oxygens (including phenoxy) is 1. The highest BCUT2D eigenvalue weighted by Crippen LogP contribution is 2.15. The van der Waals surface area contributed by atoms with E-state index in [2.05, 4.69) is 17.1 Å². The Morgan fingerprint density at radius 2 is 2.53 bits per heavy atom. The number of allylic oxidation sites excluding steroid dienone is 1. The lowest BCUT2D eigenvalue weighted by Gasteiger charge is -2.23. The molecular formula is C11H15ClN3O2+. The van der Waals surface area contributed by atoms with Crippen molar-refractivity contribution in [2.75, 3.05) is 19.8 Å². The molecule has 0 aromatic carbocycles. The van der Waals surface area contributed by atoms with Gasteiger partial charge in [0, 0.05) is 18.3 Å². The second-order valence-electron chi connectivity index (χ2n) is 4.14. The third kappa shape index (κ3) is 2.92. The van der Waals surface area contributed by atoms with E-state index in [-0.39, 0.29) is 5.03 Å². The van der Waals surface area contributed by atoms with Crippen LogP contribution in [0.25, 0.3) is 0 Å². The Labute approximate surface area is 105 Å². The molecule has 0 radical (unpaired) electrons. The molecule has 1 N–H and O–H groups in total. The molecule has 2 aliphatic heterocycles. The smallest absolute Gasteiger partial charge is 0.382 e. The fraction of sp³-hybridized carbons (Fsp3) is 0.545. The van der Waals surface area contributed by atoms with Crippen molar-refractivity contribution in [1.82, 2.24) is 5.32 Å². The van der Waals surface area contributed by atoms with Gasteiger partial charge in [0.2, 0.25) is 0 Å². The standard InChI is InChI=1S/C11H14ClN3O2/c1-15-11(16)10(12)9(6-14-15)13-5-8-3-2-4-17-7-8/h6,8H,1-5,7H2/p+1/t8-/m0/s1. The Balaban J connectivity index is 1.92. The summed E-state index contributed by atoms with van der Waals surface area (Å²) in [5.74, 6) is 0.0681. The monoisotopic (exact) mass is 256 g/mol. The second kappa shape index (κ2) is 5.42. The Morgan fingerprint density at radius 3 is 3.24 bits per heavy atom. The molecule has 0 aromatic rings. The molecule has 1 atom stereocenters. The molecule has 0 saturated carbocycles. The number of amides is 1. The minimum atomic E-state index is -0.392. The lowest BCUT2D eigenvalue weighted by atomic mass is 10.0. The van der Waals surface area contributed by atoms with Gasteiger partial charge in [-0.3, -0.25) is 0 Å². The predicted molar refractivity (Wildman–Crippen MR) is 65.3 cm³/mol. The third-order valence-electron chi connectivity index (χ3n) is 2.82. The number of carbonyl (C=O) groups excluding carboxylic acids is 1. The van der Waals surface area contributed by atoms with Crippen molar-refractivity contribution in [3.05, 3.63) is 10.7 Å². The van der Waals surface area contributed by atoms with Gasteiger partial charge in [-0.25, -0.2) is 4.79 Å². The molecule has 0 aromatic heterocycles. The van der Waals surface area contributed by atoms with Crippen molar-refractivity contribution in [1.29, 1.82) is 0 Å². The first-order valence-corrected chi connectivity index (χ1v) is 5.96. The first-order valence-electron chi connectivity index (χ1n) is 5.59. The number of nitrogens with zero attached hydrogens (tertiary/aromatic N) is 2. The van der Waals surface area contributed by atoms with E-state index in [1.807, 2.05) is 0 Å². The first-order chi connectivity index (χ1) is 8.18. The minimum absolute atomic E-state index is 0.131. The number of carbonyl (C=O) groups is 1. The SMILES string of the molecule is C=[N+]1N=CC(NC[C@@H]2CCCOC2)=C(Cl)C1=O. The Morgan fingerprint density at radius 1 is 1.71 bits per heavy atom. The molecule has 2 rings (SSSR count). The van der Waals surface area contributed by atoms with Crippen molar-refractivity contribution in [3.8, 4) is 0 Å². The maximum Gasteiger partial charge on any atom is 0.462 e. The number of hydrogen-bond donors (Lipinski definition) is 1. The molecule has 2 aliphatic rings. The van der Waals surface area contributed by atoms with Crippen LogP contribution in [0.1, 0.15) is 12.8 Å². The highest BCUT2D eigenvalue weighted by molar-refractivity contribution is 6.42. The number of hydrazone groups is 1.